The van der Waals surface area contributed by atoms with Gasteiger partial charge in [-0.2, -0.15) is 0 Å². The highest BCUT2D eigenvalue weighted by Gasteiger charge is 2.39. The van der Waals surface area contributed by atoms with Gasteiger partial charge in [-0.05, 0) is 22.7 Å². The SMILES string of the molecule is O=C1CCc2c([N+](=O)[O-])nc(C3CC3)n2C1. The molecule has 0 saturated heterocycles. The molecule has 0 unspecified atom stereocenters. The predicted octanol–water partition coefficient (Wildman–Crippen LogP) is 1.18. The molecule has 0 amide bonds. The molecular weight excluding hydrogens is 210 g/mol. The summed E-state index contributed by atoms with van der Waals surface area (Å²) in [6.45, 7) is 0.266. The summed E-state index contributed by atoms with van der Waals surface area (Å²) in [4.78, 5) is 25.9. The molecule has 0 aromatic carbocycles. The first-order valence-corrected chi connectivity index (χ1v) is 5.42. The minimum absolute atomic E-state index is 0.0469. The molecule has 1 aliphatic carbocycles. The summed E-state index contributed by atoms with van der Waals surface area (Å²) in [5, 5.41) is 10.9. The average molecular weight is 221 g/mol. The summed E-state index contributed by atoms with van der Waals surface area (Å²) in [6.07, 6.45) is 2.91. The number of imidazole rings is 1. The van der Waals surface area contributed by atoms with Crippen LogP contribution in [-0.2, 0) is 17.8 Å². The maximum atomic E-state index is 11.4. The smallest absolute Gasteiger partial charge is 0.358 e. The molecular formula is C10H11N3O3. The van der Waals surface area contributed by atoms with Crippen molar-refractivity contribution in [1.82, 2.24) is 9.55 Å². The van der Waals surface area contributed by atoms with Gasteiger partial charge in [-0.1, -0.05) is 0 Å². The lowest BCUT2D eigenvalue weighted by atomic mass is 10.1. The molecule has 6 nitrogen and oxygen atoms in total. The van der Waals surface area contributed by atoms with Gasteiger partial charge >= 0.3 is 5.82 Å². The van der Waals surface area contributed by atoms with Gasteiger partial charge in [-0.15, -0.1) is 0 Å². The van der Waals surface area contributed by atoms with E-state index >= 15 is 0 Å². The van der Waals surface area contributed by atoms with Gasteiger partial charge < -0.3 is 10.1 Å². The van der Waals surface area contributed by atoms with Crippen LogP contribution in [0.15, 0.2) is 0 Å². The van der Waals surface area contributed by atoms with Crippen LogP contribution in [0.5, 0.6) is 0 Å². The van der Waals surface area contributed by atoms with Crippen LogP contribution in [0.4, 0.5) is 5.82 Å². The molecule has 1 fully saturated rings. The van der Waals surface area contributed by atoms with Crippen molar-refractivity contribution in [2.24, 2.45) is 0 Å². The molecule has 2 aliphatic rings. The quantitative estimate of drug-likeness (QED) is 0.555. The van der Waals surface area contributed by atoms with Crippen LogP contribution in [0.25, 0.3) is 0 Å². The second-order valence-corrected chi connectivity index (χ2v) is 4.40. The standard InChI is InChI=1S/C10H11N3O3/c14-7-3-4-8-10(13(15)16)11-9(6-1-2-6)12(8)5-7/h6H,1-5H2. The van der Waals surface area contributed by atoms with Gasteiger partial charge in [-0.25, -0.2) is 0 Å². The molecule has 1 saturated carbocycles. The molecule has 16 heavy (non-hydrogen) atoms. The zero-order chi connectivity index (χ0) is 11.3. The van der Waals surface area contributed by atoms with E-state index in [2.05, 4.69) is 4.98 Å². The van der Waals surface area contributed by atoms with Crippen molar-refractivity contribution >= 4 is 11.6 Å². The van der Waals surface area contributed by atoms with Gasteiger partial charge in [0.05, 0.1) is 6.54 Å². The van der Waals surface area contributed by atoms with E-state index in [9.17, 15) is 14.9 Å². The first-order chi connectivity index (χ1) is 7.66. The summed E-state index contributed by atoms with van der Waals surface area (Å²) in [5.41, 5.74) is 0.631. The summed E-state index contributed by atoms with van der Waals surface area (Å²) < 4.78 is 1.77. The molecule has 2 heterocycles. The second-order valence-electron chi connectivity index (χ2n) is 4.40. The largest absolute Gasteiger partial charge is 0.385 e. The van der Waals surface area contributed by atoms with E-state index in [-0.39, 0.29) is 18.1 Å². The van der Waals surface area contributed by atoms with Crippen molar-refractivity contribution in [2.75, 3.05) is 0 Å². The normalized spacial score (nSPS) is 19.6. The summed E-state index contributed by atoms with van der Waals surface area (Å²) in [7, 11) is 0. The number of hydrogen-bond acceptors (Lipinski definition) is 4. The Labute approximate surface area is 91.4 Å². The van der Waals surface area contributed by atoms with Crippen LogP contribution in [0.1, 0.15) is 36.7 Å². The zero-order valence-electron chi connectivity index (χ0n) is 8.68. The molecule has 0 bridgehead atoms. The Bertz CT molecular complexity index is 488. The number of Topliss-reactive ketones (excluding diaryl/α,β-unsaturated/α-hetero) is 1. The highest BCUT2D eigenvalue weighted by atomic mass is 16.6. The molecule has 1 aromatic heterocycles. The number of rotatable bonds is 2. The van der Waals surface area contributed by atoms with Crippen LogP contribution in [0.2, 0.25) is 0 Å². The monoisotopic (exact) mass is 221 g/mol. The molecule has 0 radical (unpaired) electrons. The summed E-state index contributed by atoms with van der Waals surface area (Å²) in [6, 6.07) is 0. The maximum Gasteiger partial charge on any atom is 0.385 e. The highest BCUT2D eigenvalue weighted by molar-refractivity contribution is 5.80. The van der Waals surface area contributed by atoms with Crippen molar-refractivity contribution in [2.45, 2.75) is 38.1 Å². The van der Waals surface area contributed by atoms with Gasteiger partial charge in [0.2, 0.25) is 5.82 Å². The minimum Gasteiger partial charge on any atom is -0.358 e. The number of nitrogens with zero attached hydrogens (tertiary/aromatic N) is 3. The molecule has 0 atom stereocenters. The van der Waals surface area contributed by atoms with Gasteiger partial charge in [-0.3, -0.25) is 9.36 Å². The fourth-order valence-electron chi connectivity index (χ4n) is 2.23. The van der Waals surface area contributed by atoms with Crippen LogP contribution in [0, 0.1) is 10.1 Å². The third-order valence-corrected chi connectivity index (χ3v) is 3.17. The van der Waals surface area contributed by atoms with Crippen molar-refractivity contribution in [3.63, 3.8) is 0 Å². The van der Waals surface area contributed by atoms with Crippen molar-refractivity contribution < 1.29 is 9.72 Å². The third-order valence-electron chi connectivity index (χ3n) is 3.17. The molecule has 84 valence electrons. The summed E-state index contributed by atoms with van der Waals surface area (Å²) >= 11 is 0. The molecule has 1 aliphatic heterocycles. The van der Waals surface area contributed by atoms with E-state index in [1.54, 1.807) is 4.57 Å². The molecule has 3 rings (SSSR count). The second kappa shape index (κ2) is 3.13. The van der Waals surface area contributed by atoms with Gasteiger partial charge in [0, 0.05) is 18.8 Å². The van der Waals surface area contributed by atoms with Crippen LogP contribution in [-0.4, -0.2) is 20.3 Å². The fraction of sp³-hybridized carbons (Fsp3) is 0.600. The van der Waals surface area contributed by atoms with Crippen LogP contribution >= 0.6 is 0 Å². The molecule has 0 spiro atoms. The van der Waals surface area contributed by atoms with Crippen LogP contribution < -0.4 is 0 Å². The lowest BCUT2D eigenvalue weighted by molar-refractivity contribution is -0.390. The average Bonchev–Trinajstić information content (AvgIpc) is 3.00. The first kappa shape index (κ1) is 9.50. The predicted molar refractivity (Wildman–Crippen MR) is 54.2 cm³/mol. The number of carbonyl (C=O) groups is 1. The number of hydrogen-bond donors (Lipinski definition) is 0. The Morgan fingerprint density at radius 2 is 2.12 bits per heavy atom. The van der Waals surface area contributed by atoms with Gasteiger partial charge in [0.25, 0.3) is 0 Å². The molecule has 0 N–H and O–H groups in total. The van der Waals surface area contributed by atoms with Gasteiger partial charge in [0.1, 0.15) is 5.69 Å². The van der Waals surface area contributed by atoms with E-state index in [4.69, 9.17) is 0 Å². The lowest BCUT2D eigenvalue weighted by Crippen LogP contribution is -2.21. The maximum absolute atomic E-state index is 11.4. The molecule has 1 aromatic rings. The van der Waals surface area contributed by atoms with E-state index in [1.165, 1.54) is 0 Å². The Morgan fingerprint density at radius 3 is 2.75 bits per heavy atom. The minimum atomic E-state index is -0.437. The third kappa shape index (κ3) is 1.33. The number of nitro groups is 1. The van der Waals surface area contributed by atoms with Gasteiger partial charge in [0.15, 0.2) is 5.78 Å². The van der Waals surface area contributed by atoms with E-state index in [1.807, 2.05) is 0 Å². The number of carbonyl (C=O) groups excluding carboxylic acids is 1. The van der Waals surface area contributed by atoms with Crippen molar-refractivity contribution in [3.8, 4) is 0 Å². The number of aromatic nitrogens is 2. The Morgan fingerprint density at radius 1 is 1.38 bits per heavy atom. The number of ketones is 1. The van der Waals surface area contributed by atoms with Crippen molar-refractivity contribution in [1.29, 1.82) is 0 Å². The topological polar surface area (TPSA) is 78.0 Å². The molecule has 6 heteroatoms. The number of fused-ring (bicyclic) bond motifs is 1. The van der Waals surface area contributed by atoms with E-state index in [0.29, 0.717) is 24.5 Å². The Kier molecular flexibility index (Phi) is 1.86. The fourth-order valence-corrected chi connectivity index (χ4v) is 2.23. The summed E-state index contributed by atoms with van der Waals surface area (Å²) in [5.74, 6) is 1.17. The van der Waals surface area contributed by atoms with E-state index in [0.717, 1.165) is 18.7 Å². The van der Waals surface area contributed by atoms with Crippen LogP contribution in [0.3, 0.4) is 0 Å². The Balaban J connectivity index is 2.12. The Hall–Kier alpha value is -1.72. The van der Waals surface area contributed by atoms with E-state index < -0.39 is 4.92 Å². The zero-order valence-corrected chi connectivity index (χ0v) is 8.68. The lowest BCUT2D eigenvalue weighted by Gasteiger charge is -2.13. The highest BCUT2D eigenvalue weighted by Crippen LogP contribution is 2.42. The first-order valence-electron chi connectivity index (χ1n) is 5.42. The van der Waals surface area contributed by atoms with Crippen molar-refractivity contribution in [3.05, 3.63) is 21.6 Å².